The topological polar surface area (TPSA) is 12.0 Å². The largest absolute Gasteiger partial charge is 0.342 e. The van der Waals surface area contributed by atoms with Gasteiger partial charge in [0.25, 0.3) is 0 Å². The highest BCUT2D eigenvalue weighted by Crippen LogP contribution is 2.15. The first-order valence-electron chi connectivity index (χ1n) is 4.43. The van der Waals surface area contributed by atoms with E-state index in [2.05, 4.69) is 32.8 Å². The molecule has 0 amide bonds. The maximum atomic E-state index is 3.49. The van der Waals surface area contributed by atoms with Crippen molar-refractivity contribution in [3.05, 3.63) is 0 Å². The smallest absolute Gasteiger partial charge is 0.111 e. The molecule has 0 fully saturated rings. The van der Waals surface area contributed by atoms with Crippen LogP contribution in [0.15, 0.2) is 0 Å². The maximum Gasteiger partial charge on any atom is 0.111 e. The average molecular weight is 159 g/mol. The van der Waals surface area contributed by atoms with E-state index in [0.29, 0.717) is 0 Å². The summed E-state index contributed by atoms with van der Waals surface area (Å²) in [6, 6.07) is 1.45. The van der Waals surface area contributed by atoms with Crippen molar-refractivity contribution in [2.24, 2.45) is 0 Å². The minimum absolute atomic E-state index is 0.557. The van der Waals surface area contributed by atoms with Crippen molar-refractivity contribution >= 4 is 8.96 Å². The first kappa shape index (κ1) is 10.2. The van der Waals surface area contributed by atoms with Crippen molar-refractivity contribution in [3.8, 4) is 0 Å². The van der Waals surface area contributed by atoms with Gasteiger partial charge in [-0.2, -0.15) is 0 Å². The molecule has 0 aliphatic carbocycles. The van der Waals surface area contributed by atoms with Gasteiger partial charge in [0, 0.05) is 0 Å². The van der Waals surface area contributed by atoms with E-state index in [1.807, 2.05) is 0 Å². The van der Waals surface area contributed by atoms with Crippen LogP contribution in [0, 0.1) is 0 Å². The number of rotatable bonds is 5. The van der Waals surface area contributed by atoms with Crippen LogP contribution >= 0.6 is 0 Å². The van der Waals surface area contributed by atoms with E-state index in [1.54, 1.807) is 0 Å². The van der Waals surface area contributed by atoms with Crippen LogP contribution in [0.1, 0.15) is 33.6 Å². The predicted octanol–water partition coefficient (Wildman–Crippen LogP) is 2.14. The fourth-order valence-corrected chi connectivity index (χ4v) is 3.93. The molecule has 1 N–H and O–H groups in total. The zero-order chi connectivity index (χ0) is 7.98. The summed E-state index contributed by atoms with van der Waals surface area (Å²) in [5, 5.41) is 0. The third-order valence-electron chi connectivity index (χ3n) is 2.30. The van der Waals surface area contributed by atoms with Gasteiger partial charge >= 0.3 is 0 Å². The molecule has 2 atom stereocenters. The van der Waals surface area contributed by atoms with E-state index >= 15 is 0 Å². The summed E-state index contributed by atoms with van der Waals surface area (Å²) in [5.74, 6) is 0. The normalized spacial score (nSPS) is 16.8. The first-order chi connectivity index (χ1) is 4.76. The van der Waals surface area contributed by atoms with Crippen LogP contribution in [-0.4, -0.2) is 16.0 Å². The SMILES string of the molecule is CCC[SiH](NC)C(C)CC. The minimum Gasteiger partial charge on any atom is -0.342 e. The van der Waals surface area contributed by atoms with Crippen LogP contribution in [0.2, 0.25) is 11.6 Å². The third kappa shape index (κ3) is 3.37. The summed E-state index contributed by atoms with van der Waals surface area (Å²) in [6.45, 7) is 6.94. The van der Waals surface area contributed by atoms with Gasteiger partial charge < -0.3 is 4.98 Å². The van der Waals surface area contributed by atoms with E-state index in [4.69, 9.17) is 0 Å². The van der Waals surface area contributed by atoms with E-state index < -0.39 is 8.96 Å². The van der Waals surface area contributed by atoms with Crippen LogP contribution < -0.4 is 4.98 Å². The zero-order valence-corrected chi connectivity index (χ0v) is 8.93. The van der Waals surface area contributed by atoms with Crippen LogP contribution in [-0.2, 0) is 0 Å². The highest BCUT2D eigenvalue weighted by Gasteiger charge is 2.13. The van der Waals surface area contributed by atoms with Crippen LogP contribution in [0.5, 0.6) is 0 Å². The van der Waals surface area contributed by atoms with Gasteiger partial charge in [0.15, 0.2) is 0 Å². The quantitative estimate of drug-likeness (QED) is 0.606. The molecule has 1 nitrogen and oxygen atoms in total. The standard InChI is InChI=1S/C8H21NSi/c1-5-7-10(9-4)8(3)6-2/h8-10H,5-7H2,1-4H3. The highest BCUT2D eigenvalue weighted by atomic mass is 28.3. The molecule has 2 heteroatoms. The van der Waals surface area contributed by atoms with Crippen molar-refractivity contribution in [3.63, 3.8) is 0 Å². The zero-order valence-electron chi connectivity index (χ0n) is 7.78. The van der Waals surface area contributed by atoms with Gasteiger partial charge in [-0.3, -0.25) is 0 Å². The molecule has 0 aromatic rings. The molecule has 0 heterocycles. The lowest BCUT2D eigenvalue weighted by atomic mass is 10.4. The summed E-state index contributed by atoms with van der Waals surface area (Å²) in [4.78, 5) is 3.49. The van der Waals surface area contributed by atoms with Crippen molar-refractivity contribution < 1.29 is 0 Å². The molecule has 62 valence electrons. The molecule has 0 aromatic heterocycles. The molecule has 0 radical (unpaired) electrons. The average Bonchev–Trinajstić information content (AvgIpc) is 1.99. The molecule has 0 aromatic carbocycles. The monoisotopic (exact) mass is 159 g/mol. The minimum atomic E-state index is -0.557. The fraction of sp³-hybridized carbons (Fsp3) is 1.00. The number of nitrogens with one attached hydrogen (secondary N) is 1. The molecule has 2 unspecified atom stereocenters. The first-order valence-corrected chi connectivity index (χ1v) is 6.49. The van der Waals surface area contributed by atoms with Gasteiger partial charge in [-0.1, -0.05) is 33.6 Å². The second-order valence-electron chi connectivity index (χ2n) is 3.07. The Labute approximate surface area is 66.9 Å². The molecule has 0 aliphatic heterocycles. The number of hydrogen-bond donors (Lipinski definition) is 1. The Morgan fingerprint density at radius 2 is 2.00 bits per heavy atom. The molecule has 10 heavy (non-hydrogen) atoms. The van der Waals surface area contributed by atoms with Crippen molar-refractivity contribution in [2.75, 3.05) is 7.05 Å². The van der Waals surface area contributed by atoms with Gasteiger partial charge in [-0.15, -0.1) is 0 Å². The Hall–Kier alpha value is 0.177. The number of hydrogen-bond acceptors (Lipinski definition) is 1. The van der Waals surface area contributed by atoms with Crippen LogP contribution in [0.4, 0.5) is 0 Å². The Kier molecular flexibility index (Phi) is 6.03. The third-order valence-corrected chi connectivity index (χ3v) is 6.09. The van der Waals surface area contributed by atoms with Crippen molar-refractivity contribution in [1.29, 1.82) is 0 Å². The second kappa shape index (κ2) is 5.92. The van der Waals surface area contributed by atoms with Gasteiger partial charge in [0.05, 0.1) is 0 Å². The van der Waals surface area contributed by atoms with Gasteiger partial charge in [-0.25, -0.2) is 0 Å². The van der Waals surface area contributed by atoms with E-state index in [1.165, 1.54) is 18.9 Å². The van der Waals surface area contributed by atoms with Gasteiger partial charge in [0.2, 0.25) is 0 Å². The summed E-state index contributed by atoms with van der Waals surface area (Å²) in [6.07, 6.45) is 2.69. The Morgan fingerprint density at radius 3 is 2.30 bits per heavy atom. The molecule has 0 spiro atoms. The maximum absolute atomic E-state index is 3.49. The van der Waals surface area contributed by atoms with Gasteiger partial charge in [-0.05, 0) is 18.6 Å². The van der Waals surface area contributed by atoms with Crippen molar-refractivity contribution in [2.45, 2.75) is 45.2 Å². The lowest BCUT2D eigenvalue weighted by Gasteiger charge is -2.19. The van der Waals surface area contributed by atoms with Crippen LogP contribution in [0.25, 0.3) is 0 Å². The molecule has 0 aliphatic rings. The van der Waals surface area contributed by atoms with E-state index in [9.17, 15) is 0 Å². The summed E-state index contributed by atoms with van der Waals surface area (Å²) in [5.41, 5.74) is 0.963. The Morgan fingerprint density at radius 1 is 1.40 bits per heavy atom. The lowest BCUT2D eigenvalue weighted by Crippen LogP contribution is -2.33. The van der Waals surface area contributed by atoms with E-state index in [-0.39, 0.29) is 0 Å². The summed E-state index contributed by atoms with van der Waals surface area (Å²) in [7, 11) is 1.57. The predicted molar refractivity (Wildman–Crippen MR) is 51.0 cm³/mol. The molecule has 0 saturated carbocycles. The highest BCUT2D eigenvalue weighted by molar-refractivity contribution is 6.57. The molecule has 0 saturated heterocycles. The van der Waals surface area contributed by atoms with Crippen molar-refractivity contribution in [1.82, 2.24) is 4.98 Å². The van der Waals surface area contributed by atoms with E-state index in [0.717, 1.165) is 5.54 Å². The summed E-state index contributed by atoms with van der Waals surface area (Å²) >= 11 is 0. The fourth-order valence-electron chi connectivity index (χ4n) is 1.31. The second-order valence-corrected chi connectivity index (χ2v) is 6.58. The summed E-state index contributed by atoms with van der Waals surface area (Å²) < 4.78 is 0. The molecule has 0 bridgehead atoms. The van der Waals surface area contributed by atoms with Crippen LogP contribution in [0.3, 0.4) is 0 Å². The lowest BCUT2D eigenvalue weighted by molar-refractivity contribution is 0.817. The molecular formula is C8H21NSi. The Bertz CT molecular complexity index is 75.7. The Balaban J connectivity index is 3.56. The molecular weight excluding hydrogens is 138 g/mol. The molecule has 0 rings (SSSR count). The van der Waals surface area contributed by atoms with Gasteiger partial charge in [0.1, 0.15) is 8.96 Å².